The Balaban J connectivity index is 0.00000105. The Kier molecular flexibility index (Phi) is 13.3. The molecule has 2 aromatic rings. The van der Waals surface area contributed by atoms with Crippen LogP contribution in [0.4, 0.5) is 5.69 Å². The van der Waals surface area contributed by atoms with Gasteiger partial charge < -0.3 is 29.4 Å². The lowest BCUT2D eigenvalue weighted by atomic mass is 9.90. The number of phenols is 1. The predicted octanol–water partition coefficient (Wildman–Crippen LogP) is 5.66. The number of hydrogen-bond acceptors (Lipinski definition) is 7. The summed E-state index contributed by atoms with van der Waals surface area (Å²) in [5.41, 5.74) is 1.71. The number of hydrogen-bond donors (Lipinski definition) is 3. The fraction of sp³-hybridized carbons (Fsp3) is 0.233. The maximum Gasteiger partial charge on any atom is 0.336 e. The van der Waals surface area contributed by atoms with Crippen LogP contribution in [0.25, 0.3) is 33.4 Å². The third-order valence-electron chi connectivity index (χ3n) is 5.42. The molecule has 40 heavy (non-hydrogen) atoms. The predicted molar refractivity (Wildman–Crippen MR) is 153 cm³/mol. The molecule has 1 aliphatic carbocycles. The minimum atomic E-state index is -1.21. The van der Waals surface area contributed by atoms with Crippen molar-refractivity contribution in [3.8, 4) is 28.2 Å². The van der Waals surface area contributed by atoms with Crippen molar-refractivity contribution in [3.63, 3.8) is 0 Å². The number of nitrogens with zero attached hydrogens (tertiary/aromatic N) is 1. The van der Waals surface area contributed by atoms with E-state index in [1.54, 1.807) is 24.3 Å². The van der Waals surface area contributed by atoms with Crippen molar-refractivity contribution in [2.24, 2.45) is 0 Å². The molecule has 1 amide bonds. The van der Waals surface area contributed by atoms with Gasteiger partial charge in [-0.05, 0) is 42.0 Å². The maximum absolute atomic E-state index is 12.3. The fourth-order valence-corrected chi connectivity index (χ4v) is 3.78. The second kappa shape index (κ2) is 16.1. The number of fused-ring (bicyclic) bond motifs is 2. The van der Waals surface area contributed by atoms with Crippen molar-refractivity contribution in [1.29, 1.82) is 0 Å². The van der Waals surface area contributed by atoms with Gasteiger partial charge in [-0.1, -0.05) is 33.8 Å². The SMILES string of the molecule is CC.CC.CN(C(=O)CCC=O)c1ccc(-c2c3ccc(=O)cc-3oc3cc(O)ccc23)c(C(=O)O)c1.O=CO. The second-order valence-electron chi connectivity index (χ2n) is 7.61. The van der Waals surface area contributed by atoms with E-state index in [9.17, 15) is 29.4 Å². The number of benzene rings is 3. The number of carbonyl (C=O) groups is 4. The van der Waals surface area contributed by atoms with E-state index in [0.717, 1.165) is 0 Å². The van der Waals surface area contributed by atoms with Gasteiger partial charge in [0.1, 0.15) is 23.4 Å². The number of aromatic carboxylic acids is 1. The first-order valence-corrected chi connectivity index (χ1v) is 12.6. The third kappa shape index (κ3) is 7.76. The third-order valence-corrected chi connectivity index (χ3v) is 5.42. The van der Waals surface area contributed by atoms with E-state index in [1.807, 2.05) is 27.7 Å². The minimum absolute atomic E-state index is 0.0145. The highest BCUT2D eigenvalue weighted by molar-refractivity contribution is 6.08. The largest absolute Gasteiger partial charge is 0.508 e. The Morgan fingerprint density at radius 3 is 2.15 bits per heavy atom. The summed E-state index contributed by atoms with van der Waals surface area (Å²) >= 11 is 0. The molecular formula is C30H33NO9. The molecule has 1 heterocycles. The van der Waals surface area contributed by atoms with E-state index in [0.29, 0.717) is 34.1 Å². The Labute approximate surface area is 231 Å². The van der Waals surface area contributed by atoms with E-state index >= 15 is 0 Å². The number of amides is 1. The fourth-order valence-electron chi connectivity index (χ4n) is 3.78. The highest BCUT2D eigenvalue weighted by Gasteiger charge is 2.23. The lowest BCUT2D eigenvalue weighted by molar-refractivity contribution is -0.123. The van der Waals surface area contributed by atoms with Gasteiger partial charge in [-0.15, -0.1) is 0 Å². The molecule has 0 atom stereocenters. The van der Waals surface area contributed by atoms with Crippen LogP contribution in [-0.2, 0) is 14.4 Å². The lowest BCUT2D eigenvalue weighted by Gasteiger charge is -2.20. The number of aldehydes is 1. The standard InChI is InChI=1S/C25H19NO7.2C2H6.CH2O2/c1-26(23(30)3-2-10-27)14-4-7-17(20(11-14)25(31)32)24-18-8-5-15(28)12-21(18)33-22-13-16(29)6-9-19(22)24;2*1-2;2-1-3/h4-13,28H,2-3H2,1H3,(H,31,32);2*1-2H3;1H,(H,2,3). The molecule has 212 valence electrons. The Morgan fingerprint density at radius 1 is 0.925 bits per heavy atom. The summed E-state index contributed by atoms with van der Waals surface area (Å²) in [5.74, 6) is -1.32. The molecule has 1 aliphatic heterocycles. The molecule has 10 heteroatoms. The highest BCUT2D eigenvalue weighted by Crippen LogP contribution is 2.42. The van der Waals surface area contributed by atoms with E-state index in [2.05, 4.69) is 0 Å². The molecule has 4 rings (SSSR count). The quantitative estimate of drug-likeness (QED) is 0.203. The van der Waals surface area contributed by atoms with Crippen LogP contribution in [0.15, 0.2) is 63.8 Å². The van der Waals surface area contributed by atoms with Crippen LogP contribution in [0.3, 0.4) is 0 Å². The van der Waals surface area contributed by atoms with E-state index in [1.165, 1.54) is 42.3 Å². The second-order valence-corrected chi connectivity index (χ2v) is 7.61. The van der Waals surface area contributed by atoms with Crippen molar-refractivity contribution >= 4 is 41.3 Å². The number of anilines is 1. The van der Waals surface area contributed by atoms with Crippen molar-refractivity contribution in [2.75, 3.05) is 11.9 Å². The first-order chi connectivity index (χ1) is 19.2. The van der Waals surface area contributed by atoms with Crippen molar-refractivity contribution in [3.05, 3.63) is 70.4 Å². The molecule has 0 bridgehead atoms. The molecule has 0 aromatic heterocycles. The van der Waals surface area contributed by atoms with E-state index in [-0.39, 0.29) is 53.3 Å². The van der Waals surface area contributed by atoms with Crippen LogP contribution in [0.2, 0.25) is 0 Å². The number of carboxylic acid groups (broad SMARTS) is 2. The minimum Gasteiger partial charge on any atom is -0.508 e. The monoisotopic (exact) mass is 551 g/mol. The van der Waals surface area contributed by atoms with Crippen molar-refractivity contribution in [2.45, 2.75) is 40.5 Å². The molecule has 10 nitrogen and oxygen atoms in total. The number of phenolic OH excluding ortho intramolecular Hbond substituents is 1. The first-order valence-electron chi connectivity index (χ1n) is 12.6. The highest BCUT2D eigenvalue weighted by atomic mass is 16.4. The molecular weight excluding hydrogens is 518 g/mol. The number of carbonyl (C=O) groups excluding carboxylic acids is 2. The van der Waals surface area contributed by atoms with Crippen LogP contribution < -0.4 is 10.3 Å². The van der Waals surface area contributed by atoms with Crippen molar-refractivity contribution < 1.29 is 38.9 Å². The molecule has 0 unspecified atom stereocenters. The molecule has 0 fully saturated rings. The van der Waals surface area contributed by atoms with Gasteiger partial charge in [0, 0.05) is 54.2 Å². The van der Waals surface area contributed by atoms with Crippen LogP contribution >= 0.6 is 0 Å². The average Bonchev–Trinajstić information content (AvgIpc) is 2.96. The molecule has 2 aliphatic rings. The summed E-state index contributed by atoms with van der Waals surface area (Å²) in [7, 11) is 1.51. The molecule has 0 radical (unpaired) electrons. The van der Waals surface area contributed by atoms with Gasteiger partial charge in [0.2, 0.25) is 5.91 Å². The number of rotatable bonds is 6. The zero-order valence-electron chi connectivity index (χ0n) is 23.0. The summed E-state index contributed by atoms with van der Waals surface area (Å²) in [6.07, 6.45) is 0.743. The van der Waals surface area contributed by atoms with Gasteiger partial charge in [0.05, 0.1) is 5.56 Å². The van der Waals surface area contributed by atoms with E-state index in [4.69, 9.17) is 14.3 Å². The van der Waals surface area contributed by atoms with Gasteiger partial charge in [-0.2, -0.15) is 0 Å². The number of aromatic hydroxyl groups is 1. The van der Waals surface area contributed by atoms with Crippen molar-refractivity contribution in [1.82, 2.24) is 0 Å². The zero-order valence-corrected chi connectivity index (χ0v) is 23.0. The van der Waals surface area contributed by atoms with Gasteiger partial charge in [-0.3, -0.25) is 14.4 Å². The Hall–Kier alpha value is -4.99. The summed E-state index contributed by atoms with van der Waals surface area (Å²) in [6.45, 7) is 7.75. The number of carboxylic acids is 1. The van der Waals surface area contributed by atoms with Gasteiger partial charge in [0.25, 0.3) is 6.47 Å². The Morgan fingerprint density at radius 2 is 1.55 bits per heavy atom. The van der Waals surface area contributed by atoms with Crippen LogP contribution in [0.5, 0.6) is 5.75 Å². The lowest BCUT2D eigenvalue weighted by Crippen LogP contribution is -2.26. The molecule has 0 spiro atoms. The van der Waals surface area contributed by atoms with Crippen LogP contribution in [-0.4, -0.2) is 47.0 Å². The molecule has 0 saturated heterocycles. The molecule has 2 aromatic carbocycles. The Bertz CT molecular complexity index is 1490. The van der Waals surface area contributed by atoms with Gasteiger partial charge >= 0.3 is 5.97 Å². The van der Waals surface area contributed by atoms with Gasteiger partial charge in [0.15, 0.2) is 5.43 Å². The smallest absolute Gasteiger partial charge is 0.336 e. The zero-order chi connectivity index (χ0) is 30.4. The summed E-state index contributed by atoms with van der Waals surface area (Å²) < 4.78 is 5.81. The topological polar surface area (TPSA) is 162 Å². The normalized spacial score (nSPS) is 9.62. The maximum atomic E-state index is 12.3. The van der Waals surface area contributed by atoms with Crippen LogP contribution in [0.1, 0.15) is 50.9 Å². The molecule has 0 saturated carbocycles. The van der Waals surface area contributed by atoms with Gasteiger partial charge in [-0.25, -0.2) is 4.79 Å². The summed E-state index contributed by atoms with van der Waals surface area (Å²) in [6, 6.07) is 13.3. The summed E-state index contributed by atoms with van der Waals surface area (Å²) in [5, 5.41) is 27.3. The average molecular weight is 552 g/mol. The van der Waals surface area contributed by atoms with Crippen LogP contribution in [0, 0.1) is 0 Å². The summed E-state index contributed by atoms with van der Waals surface area (Å²) in [4.78, 5) is 56.7. The first kappa shape index (κ1) is 33.0. The molecule has 3 N–H and O–H groups in total. The van der Waals surface area contributed by atoms with E-state index < -0.39 is 5.97 Å².